The van der Waals surface area contributed by atoms with Crippen LogP contribution in [0, 0.1) is 13.8 Å². The number of carboxylic acid groups (broad SMARTS) is 1. The standard InChI is InChI=1S/C15H22N2O3/c1-10-6-14(15(18)19)11(2)17(10)8-13-7-16-5-3-4-12(16)9-20-13/h6,12-13H,3-5,7-9H2,1-2H3,(H,18,19). The number of nitrogens with zero attached hydrogens (tertiary/aromatic N) is 2. The second kappa shape index (κ2) is 5.22. The molecular weight excluding hydrogens is 256 g/mol. The van der Waals surface area contributed by atoms with Gasteiger partial charge in [0.1, 0.15) is 0 Å². The van der Waals surface area contributed by atoms with E-state index < -0.39 is 5.97 Å². The van der Waals surface area contributed by atoms with E-state index in [2.05, 4.69) is 9.47 Å². The average molecular weight is 278 g/mol. The highest BCUT2D eigenvalue weighted by Crippen LogP contribution is 2.24. The van der Waals surface area contributed by atoms with Crippen molar-refractivity contribution in [3.63, 3.8) is 0 Å². The van der Waals surface area contributed by atoms with Gasteiger partial charge in [-0.3, -0.25) is 4.90 Å². The molecule has 3 heterocycles. The molecule has 1 aromatic rings. The number of carbonyl (C=O) groups is 1. The van der Waals surface area contributed by atoms with E-state index in [9.17, 15) is 9.90 Å². The third-order valence-corrected chi connectivity index (χ3v) is 4.65. The Bertz CT molecular complexity index is 523. The molecule has 0 bridgehead atoms. The zero-order valence-corrected chi connectivity index (χ0v) is 12.1. The maximum Gasteiger partial charge on any atom is 0.337 e. The Balaban J connectivity index is 1.73. The summed E-state index contributed by atoms with van der Waals surface area (Å²) < 4.78 is 8.04. The van der Waals surface area contributed by atoms with Crippen molar-refractivity contribution < 1.29 is 14.6 Å². The van der Waals surface area contributed by atoms with Gasteiger partial charge in [-0.1, -0.05) is 0 Å². The summed E-state index contributed by atoms with van der Waals surface area (Å²) in [6.45, 7) is 7.53. The predicted molar refractivity (Wildman–Crippen MR) is 75.2 cm³/mol. The van der Waals surface area contributed by atoms with Crippen molar-refractivity contribution in [3.8, 4) is 0 Å². The second-order valence-corrected chi connectivity index (χ2v) is 5.95. The van der Waals surface area contributed by atoms with Crippen LogP contribution >= 0.6 is 0 Å². The van der Waals surface area contributed by atoms with Gasteiger partial charge >= 0.3 is 5.97 Å². The third kappa shape index (κ3) is 2.36. The minimum atomic E-state index is -0.853. The monoisotopic (exact) mass is 278 g/mol. The van der Waals surface area contributed by atoms with E-state index in [0.717, 1.165) is 31.1 Å². The molecule has 0 amide bonds. The fraction of sp³-hybridized carbons (Fsp3) is 0.667. The molecule has 0 aromatic carbocycles. The zero-order valence-electron chi connectivity index (χ0n) is 12.1. The first-order valence-electron chi connectivity index (χ1n) is 7.32. The Morgan fingerprint density at radius 1 is 1.50 bits per heavy atom. The molecule has 0 radical (unpaired) electrons. The number of aromatic nitrogens is 1. The van der Waals surface area contributed by atoms with Gasteiger partial charge in [-0.15, -0.1) is 0 Å². The number of aromatic carboxylic acids is 1. The van der Waals surface area contributed by atoms with Gasteiger partial charge in [0.05, 0.1) is 24.8 Å². The number of hydrogen-bond donors (Lipinski definition) is 1. The van der Waals surface area contributed by atoms with Crippen molar-refractivity contribution in [2.75, 3.05) is 19.7 Å². The van der Waals surface area contributed by atoms with E-state index in [1.165, 1.54) is 19.4 Å². The fourth-order valence-corrected chi connectivity index (χ4v) is 3.50. The zero-order chi connectivity index (χ0) is 14.3. The molecule has 3 rings (SSSR count). The normalized spacial score (nSPS) is 26.7. The van der Waals surface area contributed by atoms with Crippen LogP contribution in [0.1, 0.15) is 34.6 Å². The molecule has 0 spiro atoms. The molecule has 2 aliphatic heterocycles. The molecule has 0 aliphatic carbocycles. The minimum absolute atomic E-state index is 0.163. The maximum absolute atomic E-state index is 11.2. The SMILES string of the molecule is Cc1cc(C(=O)O)c(C)n1CC1CN2CCCC2CO1. The summed E-state index contributed by atoms with van der Waals surface area (Å²) in [5, 5.41) is 9.18. The van der Waals surface area contributed by atoms with E-state index in [0.29, 0.717) is 11.6 Å². The van der Waals surface area contributed by atoms with Crippen LogP contribution in [0.2, 0.25) is 0 Å². The van der Waals surface area contributed by atoms with Crippen LogP contribution in [0.3, 0.4) is 0 Å². The van der Waals surface area contributed by atoms with Gasteiger partial charge in [-0.25, -0.2) is 4.79 Å². The van der Waals surface area contributed by atoms with Gasteiger partial charge in [0.15, 0.2) is 0 Å². The molecular formula is C15H22N2O3. The Hall–Kier alpha value is -1.33. The molecule has 2 saturated heterocycles. The van der Waals surface area contributed by atoms with E-state index in [-0.39, 0.29) is 6.10 Å². The highest BCUT2D eigenvalue weighted by Gasteiger charge is 2.32. The highest BCUT2D eigenvalue weighted by atomic mass is 16.5. The number of ether oxygens (including phenoxy) is 1. The first-order valence-corrected chi connectivity index (χ1v) is 7.32. The number of rotatable bonds is 3. The molecule has 2 atom stereocenters. The van der Waals surface area contributed by atoms with Crippen LogP contribution in [0.4, 0.5) is 0 Å². The number of fused-ring (bicyclic) bond motifs is 1. The van der Waals surface area contributed by atoms with Gasteiger partial charge in [-0.2, -0.15) is 0 Å². The average Bonchev–Trinajstić information content (AvgIpc) is 2.97. The van der Waals surface area contributed by atoms with Gasteiger partial charge in [0, 0.05) is 24.0 Å². The molecule has 20 heavy (non-hydrogen) atoms. The predicted octanol–water partition coefficient (Wildman–Crippen LogP) is 1.67. The summed E-state index contributed by atoms with van der Waals surface area (Å²) in [5.41, 5.74) is 2.21. The van der Waals surface area contributed by atoms with Crippen LogP contribution in [-0.2, 0) is 11.3 Å². The summed E-state index contributed by atoms with van der Waals surface area (Å²) in [4.78, 5) is 13.7. The third-order valence-electron chi connectivity index (χ3n) is 4.65. The first-order chi connectivity index (χ1) is 9.56. The van der Waals surface area contributed by atoms with Gasteiger partial charge in [-0.05, 0) is 39.3 Å². The summed E-state index contributed by atoms with van der Waals surface area (Å²) in [5.74, 6) is -0.853. The minimum Gasteiger partial charge on any atom is -0.478 e. The van der Waals surface area contributed by atoms with Crippen LogP contribution in [0.5, 0.6) is 0 Å². The van der Waals surface area contributed by atoms with Crippen LogP contribution < -0.4 is 0 Å². The Kier molecular flexibility index (Phi) is 3.56. The van der Waals surface area contributed by atoms with Crippen molar-refractivity contribution in [1.29, 1.82) is 0 Å². The summed E-state index contributed by atoms with van der Waals surface area (Å²) >= 11 is 0. The molecule has 5 nitrogen and oxygen atoms in total. The van der Waals surface area contributed by atoms with Crippen LogP contribution in [0.25, 0.3) is 0 Å². The molecule has 2 aliphatic rings. The molecule has 2 unspecified atom stereocenters. The fourth-order valence-electron chi connectivity index (χ4n) is 3.50. The molecule has 2 fully saturated rings. The summed E-state index contributed by atoms with van der Waals surface area (Å²) in [6, 6.07) is 2.35. The van der Waals surface area contributed by atoms with E-state index in [1.807, 2.05) is 13.8 Å². The smallest absolute Gasteiger partial charge is 0.337 e. The quantitative estimate of drug-likeness (QED) is 0.913. The number of carboxylic acids is 1. The summed E-state index contributed by atoms with van der Waals surface area (Å²) in [7, 11) is 0. The van der Waals surface area contributed by atoms with Crippen LogP contribution in [-0.4, -0.2) is 52.4 Å². The largest absolute Gasteiger partial charge is 0.478 e. The Morgan fingerprint density at radius 3 is 3.00 bits per heavy atom. The van der Waals surface area contributed by atoms with E-state index in [1.54, 1.807) is 6.07 Å². The van der Waals surface area contributed by atoms with Gasteiger partial charge < -0.3 is 14.4 Å². The lowest BCUT2D eigenvalue weighted by Crippen LogP contribution is -2.47. The van der Waals surface area contributed by atoms with Crippen LogP contribution in [0.15, 0.2) is 6.07 Å². The highest BCUT2D eigenvalue weighted by molar-refractivity contribution is 5.89. The lowest BCUT2D eigenvalue weighted by atomic mass is 10.2. The van der Waals surface area contributed by atoms with Crippen molar-refractivity contribution in [2.45, 2.75) is 45.4 Å². The molecule has 1 aromatic heterocycles. The second-order valence-electron chi connectivity index (χ2n) is 5.95. The topological polar surface area (TPSA) is 54.7 Å². The molecule has 0 saturated carbocycles. The van der Waals surface area contributed by atoms with Gasteiger partial charge in [0.2, 0.25) is 0 Å². The number of morpholine rings is 1. The van der Waals surface area contributed by atoms with E-state index in [4.69, 9.17) is 4.74 Å². The van der Waals surface area contributed by atoms with Crippen molar-refractivity contribution in [3.05, 3.63) is 23.0 Å². The number of aryl methyl sites for hydroxylation is 1. The summed E-state index contributed by atoms with van der Waals surface area (Å²) in [6.07, 6.45) is 2.68. The van der Waals surface area contributed by atoms with Crippen molar-refractivity contribution in [2.24, 2.45) is 0 Å². The van der Waals surface area contributed by atoms with Crippen molar-refractivity contribution >= 4 is 5.97 Å². The molecule has 1 N–H and O–H groups in total. The van der Waals surface area contributed by atoms with E-state index >= 15 is 0 Å². The maximum atomic E-state index is 11.2. The Morgan fingerprint density at radius 2 is 2.30 bits per heavy atom. The number of hydrogen-bond acceptors (Lipinski definition) is 3. The lowest BCUT2D eigenvalue weighted by molar-refractivity contribution is -0.0555. The van der Waals surface area contributed by atoms with Gasteiger partial charge in [0.25, 0.3) is 0 Å². The molecule has 5 heteroatoms. The first kappa shape index (κ1) is 13.6. The molecule has 110 valence electrons. The lowest BCUT2D eigenvalue weighted by Gasteiger charge is -2.35. The Labute approximate surface area is 119 Å². The van der Waals surface area contributed by atoms with Crippen molar-refractivity contribution in [1.82, 2.24) is 9.47 Å².